The van der Waals surface area contributed by atoms with Gasteiger partial charge in [0.2, 0.25) is 5.91 Å². The number of benzene rings is 2. The van der Waals surface area contributed by atoms with Crippen molar-refractivity contribution in [3.63, 3.8) is 0 Å². The summed E-state index contributed by atoms with van der Waals surface area (Å²) in [5, 5.41) is 10.4. The van der Waals surface area contributed by atoms with E-state index in [0.717, 1.165) is 5.56 Å². The van der Waals surface area contributed by atoms with Crippen LogP contribution in [0.4, 0.5) is 5.69 Å². The summed E-state index contributed by atoms with van der Waals surface area (Å²) in [6.07, 6.45) is 1.13. The van der Waals surface area contributed by atoms with Crippen molar-refractivity contribution in [3.05, 3.63) is 54.1 Å². The number of carbonyl (C=O) groups excluding carboxylic acids is 1. The van der Waals surface area contributed by atoms with Crippen LogP contribution in [0.5, 0.6) is 0 Å². The van der Waals surface area contributed by atoms with Crippen LogP contribution in [-0.2, 0) is 11.2 Å². The summed E-state index contributed by atoms with van der Waals surface area (Å²) in [5.74, 6) is -0.0515. The Morgan fingerprint density at radius 3 is 2.75 bits per heavy atom. The number of hydrogen-bond donors (Lipinski definition) is 1. The monoisotopic (exact) mass is 267 g/mol. The third kappa shape index (κ3) is 2.66. The van der Waals surface area contributed by atoms with E-state index in [-0.39, 0.29) is 5.91 Å². The Hall–Kier alpha value is -2.69. The van der Waals surface area contributed by atoms with Crippen molar-refractivity contribution in [1.82, 2.24) is 10.3 Å². The number of nitrogens with one attached hydrogen (secondary N) is 1. The van der Waals surface area contributed by atoms with Crippen molar-refractivity contribution in [2.24, 2.45) is 0 Å². The van der Waals surface area contributed by atoms with Crippen LogP contribution in [0.1, 0.15) is 12.0 Å². The lowest BCUT2D eigenvalue weighted by Gasteiger charge is -2.05. The highest BCUT2D eigenvalue weighted by Crippen LogP contribution is 2.19. The third-order valence-corrected chi connectivity index (χ3v) is 3.04. The standard InChI is InChI=1S/C15H13N3O2/c19-14(10-9-11-5-2-1-3-6-11)16-12-7-4-8-13-15(12)18-20-17-13/h1-8H,9-10H2,(H,16,19). The molecule has 5 nitrogen and oxygen atoms in total. The highest BCUT2D eigenvalue weighted by Gasteiger charge is 2.09. The van der Waals surface area contributed by atoms with Gasteiger partial charge in [0, 0.05) is 6.42 Å². The van der Waals surface area contributed by atoms with Gasteiger partial charge < -0.3 is 5.32 Å². The number of hydrogen-bond acceptors (Lipinski definition) is 4. The number of rotatable bonds is 4. The zero-order valence-corrected chi connectivity index (χ0v) is 10.7. The molecule has 100 valence electrons. The lowest BCUT2D eigenvalue weighted by molar-refractivity contribution is -0.116. The van der Waals surface area contributed by atoms with Gasteiger partial charge in [-0.25, -0.2) is 4.63 Å². The predicted octanol–water partition coefficient (Wildman–Crippen LogP) is 2.79. The maximum atomic E-state index is 12.0. The molecule has 0 fully saturated rings. The molecule has 20 heavy (non-hydrogen) atoms. The average Bonchev–Trinajstić information content (AvgIpc) is 2.96. The maximum Gasteiger partial charge on any atom is 0.224 e. The first kappa shape index (κ1) is 12.3. The zero-order valence-electron chi connectivity index (χ0n) is 10.7. The van der Waals surface area contributed by atoms with Crippen LogP contribution in [0.25, 0.3) is 11.0 Å². The van der Waals surface area contributed by atoms with Crippen molar-refractivity contribution in [2.75, 3.05) is 5.32 Å². The first-order valence-corrected chi connectivity index (χ1v) is 6.38. The summed E-state index contributed by atoms with van der Waals surface area (Å²) in [5.41, 5.74) is 2.97. The second kappa shape index (κ2) is 5.52. The molecule has 0 bridgehead atoms. The summed E-state index contributed by atoms with van der Waals surface area (Å²) in [6, 6.07) is 15.3. The van der Waals surface area contributed by atoms with Crippen molar-refractivity contribution < 1.29 is 9.42 Å². The van der Waals surface area contributed by atoms with Crippen LogP contribution < -0.4 is 5.32 Å². The van der Waals surface area contributed by atoms with Gasteiger partial charge in [0.1, 0.15) is 5.52 Å². The van der Waals surface area contributed by atoms with Crippen LogP contribution in [0.2, 0.25) is 0 Å². The highest BCUT2D eigenvalue weighted by atomic mass is 16.6. The highest BCUT2D eigenvalue weighted by molar-refractivity contribution is 5.98. The normalized spacial score (nSPS) is 10.6. The topological polar surface area (TPSA) is 68.0 Å². The zero-order chi connectivity index (χ0) is 13.8. The van der Waals surface area contributed by atoms with Gasteiger partial charge in [0.05, 0.1) is 5.69 Å². The first-order valence-electron chi connectivity index (χ1n) is 6.38. The van der Waals surface area contributed by atoms with E-state index < -0.39 is 0 Å². The smallest absolute Gasteiger partial charge is 0.224 e. The Kier molecular flexibility index (Phi) is 3.41. The van der Waals surface area contributed by atoms with Crippen LogP contribution in [0, 0.1) is 0 Å². The summed E-state index contributed by atoms with van der Waals surface area (Å²) < 4.78 is 4.67. The van der Waals surface area contributed by atoms with Gasteiger partial charge in [0.15, 0.2) is 5.52 Å². The summed E-state index contributed by atoms with van der Waals surface area (Å²) in [7, 11) is 0. The molecule has 0 aliphatic rings. The molecular weight excluding hydrogens is 254 g/mol. The Morgan fingerprint density at radius 2 is 1.90 bits per heavy atom. The molecule has 2 aromatic carbocycles. The molecule has 0 aliphatic carbocycles. The van der Waals surface area contributed by atoms with Gasteiger partial charge in [-0.3, -0.25) is 4.79 Å². The predicted molar refractivity (Wildman–Crippen MR) is 75.2 cm³/mol. The van der Waals surface area contributed by atoms with Gasteiger partial charge in [-0.1, -0.05) is 36.4 Å². The molecule has 0 aliphatic heterocycles. The van der Waals surface area contributed by atoms with E-state index in [0.29, 0.717) is 29.6 Å². The number of anilines is 1. The van der Waals surface area contributed by atoms with E-state index >= 15 is 0 Å². The summed E-state index contributed by atoms with van der Waals surface area (Å²) >= 11 is 0. The average molecular weight is 267 g/mol. The van der Waals surface area contributed by atoms with Gasteiger partial charge in [-0.05, 0) is 34.4 Å². The van der Waals surface area contributed by atoms with Gasteiger partial charge >= 0.3 is 0 Å². The Morgan fingerprint density at radius 1 is 1.05 bits per heavy atom. The van der Waals surface area contributed by atoms with Crippen LogP contribution in [0.3, 0.4) is 0 Å². The number of carbonyl (C=O) groups is 1. The van der Waals surface area contributed by atoms with E-state index in [2.05, 4.69) is 20.3 Å². The second-order valence-corrected chi connectivity index (χ2v) is 4.47. The number of aryl methyl sites for hydroxylation is 1. The van der Waals surface area contributed by atoms with E-state index in [4.69, 9.17) is 0 Å². The maximum absolute atomic E-state index is 12.0. The summed E-state index contributed by atoms with van der Waals surface area (Å²) in [6.45, 7) is 0. The minimum atomic E-state index is -0.0515. The number of fused-ring (bicyclic) bond motifs is 1. The van der Waals surface area contributed by atoms with Gasteiger partial charge in [-0.2, -0.15) is 0 Å². The fourth-order valence-corrected chi connectivity index (χ4v) is 2.02. The molecule has 1 N–H and O–H groups in total. The minimum Gasteiger partial charge on any atom is -0.324 e. The number of aromatic nitrogens is 2. The van der Waals surface area contributed by atoms with Crippen LogP contribution in [-0.4, -0.2) is 16.2 Å². The fourth-order valence-electron chi connectivity index (χ4n) is 2.02. The minimum absolute atomic E-state index is 0.0515. The number of amides is 1. The van der Waals surface area contributed by atoms with Crippen molar-refractivity contribution in [1.29, 1.82) is 0 Å². The largest absolute Gasteiger partial charge is 0.324 e. The third-order valence-electron chi connectivity index (χ3n) is 3.04. The van der Waals surface area contributed by atoms with Crippen LogP contribution in [0.15, 0.2) is 53.2 Å². The molecule has 1 heterocycles. The van der Waals surface area contributed by atoms with Gasteiger partial charge in [0.25, 0.3) is 0 Å². The van der Waals surface area contributed by atoms with E-state index in [1.807, 2.05) is 30.3 Å². The Balaban J connectivity index is 1.66. The molecule has 5 heteroatoms. The van der Waals surface area contributed by atoms with Crippen molar-refractivity contribution in [2.45, 2.75) is 12.8 Å². The lowest BCUT2D eigenvalue weighted by atomic mass is 10.1. The fraction of sp³-hybridized carbons (Fsp3) is 0.133. The molecule has 1 amide bonds. The quantitative estimate of drug-likeness (QED) is 0.789. The lowest BCUT2D eigenvalue weighted by Crippen LogP contribution is -2.12. The van der Waals surface area contributed by atoms with E-state index in [9.17, 15) is 4.79 Å². The molecule has 0 unspecified atom stereocenters. The summed E-state index contributed by atoms with van der Waals surface area (Å²) in [4.78, 5) is 12.0. The molecule has 0 saturated heterocycles. The molecule has 1 aromatic heterocycles. The van der Waals surface area contributed by atoms with Crippen molar-refractivity contribution >= 4 is 22.6 Å². The molecule has 3 aromatic rings. The SMILES string of the molecule is O=C(CCc1ccccc1)Nc1cccc2nonc12. The molecule has 0 atom stereocenters. The second-order valence-electron chi connectivity index (χ2n) is 4.47. The molecule has 0 saturated carbocycles. The first-order chi connectivity index (χ1) is 9.83. The molecule has 0 radical (unpaired) electrons. The van der Waals surface area contributed by atoms with Gasteiger partial charge in [-0.15, -0.1) is 0 Å². The van der Waals surface area contributed by atoms with Crippen LogP contribution >= 0.6 is 0 Å². The molecular formula is C15H13N3O2. The molecule has 0 spiro atoms. The van der Waals surface area contributed by atoms with Crippen molar-refractivity contribution in [3.8, 4) is 0 Å². The van der Waals surface area contributed by atoms with E-state index in [1.165, 1.54) is 0 Å². The Bertz CT molecular complexity index is 722. The Labute approximate surface area is 115 Å². The van der Waals surface area contributed by atoms with E-state index in [1.54, 1.807) is 18.2 Å². The number of nitrogens with zero attached hydrogens (tertiary/aromatic N) is 2. The molecule has 3 rings (SSSR count).